The van der Waals surface area contributed by atoms with E-state index in [-0.39, 0.29) is 28.1 Å². The molecule has 10 nitrogen and oxygen atoms in total. The molecule has 15 heteroatoms. The fraction of sp³-hybridized carbons (Fsp3) is 0.423. The number of carbonyl (C=O) groups is 1. The first kappa shape index (κ1) is 27.7. The maximum Gasteiger partial charge on any atom is 0.291 e. The lowest BCUT2D eigenvalue weighted by Crippen LogP contribution is -2.37. The molecule has 0 saturated heterocycles. The highest BCUT2D eigenvalue weighted by Gasteiger charge is 2.42. The van der Waals surface area contributed by atoms with Gasteiger partial charge in [-0.05, 0) is 43.9 Å². The molecular weight excluding hydrogens is 579 g/mol. The second-order valence-electron chi connectivity index (χ2n) is 10.9. The lowest BCUT2D eigenvalue weighted by atomic mass is 10.00. The second-order valence-corrected chi connectivity index (χ2v) is 13.5. The van der Waals surface area contributed by atoms with Gasteiger partial charge in [0.15, 0.2) is 10.7 Å². The topological polar surface area (TPSA) is 123 Å². The molecule has 0 bridgehead atoms. The van der Waals surface area contributed by atoms with E-state index in [0.717, 1.165) is 11.6 Å². The fourth-order valence-electron chi connectivity index (χ4n) is 5.00. The zero-order valence-corrected chi connectivity index (χ0v) is 24.0. The summed E-state index contributed by atoms with van der Waals surface area (Å²) in [6.07, 6.45) is 2.06. The number of carbonyl (C=O) groups excluding carboxylic acids is 1. The summed E-state index contributed by atoms with van der Waals surface area (Å²) in [4.78, 5) is 22.5. The van der Waals surface area contributed by atoms with Crippen LogP contribution in [0.2, 0.25) is 0 Å². The van der Waals surface area contributed by atoms with Crippen LogP contribution in [0.15, 0.2) is 29.4 Å². The molecule has 0 radical (unpaired) electrons. The van der Waals surface area contributed by atoms with E-state index in [1.807, 2.05) is 19.9 Å². The standard InChI is InChI=1S/C26H26F3N7O3S2/c1-13(2)24(37)35-8-4-14(5-9-35)20-19-15-10-16(27)18(41(38,39)34-26(3)6-7-26)11-17(15)36(22(19)31-12-30-20)25-33-32-23(40-25)21(28)29/h4,10-13,21,34H,5-9H2,1-3H3. The van der Waals surface area contributed by atoms with Gasteiger partial charge >= 0.3 is 0 Å². The molecular formula is C26H26F3N7O3S2. The first-order chi connectivity index (χ1) is 19.4. The summed E-state index contributed by atoms with van der Waals surface area (Å²) < 4.78 is 72.8. The number of nitrogens with one attached hydrogen (secondary N) is 1. The first-order valence-corrected chi connectivity index (χ1v) is 15.3. The third-order valence-electron chi connectivity index (χ3n) is 7.40. The minimum Gasteiger partial charge on any atom is -0.338 e. The molecule has 41 heavy (non-hydrogen) atoms. The number of fused-ring (bicyclic) bond motifs is 3. The third-order valence-corrected chi connectivity index (χ3v) is 9.97. The molecule has 4 heterocycles. The normalized spacial score (nSPS) is 17.2. The lowest BCUT2D eigenvalue weighted by molar-refractivity contribution is -0.134. The predicted molar refractivity (Wildman–Crippen MR) is 147 cm³/mol. The molecule has 4 aromatic rings. The number of nitrogens with zero attached hydrogens (tertiary/aromatic N) is 6. The van der Waals surface area contributed by atoms with Crippen molar-refractivity contribution in [3.05, 3.63) is 41.1 Å². The number of hydrogen-bond donors (Lipinski definition) is 1. The van der Waals surface area contributed by atoms with Crippen LogP contribution in [0.3, 0.4) is 0 Å². The number of benzene rings is 1. The van der Waals surface area contributed by atoms with Gasteiger partial charge in [0, 0.05) is 29.9 Å². The number of aromatic nitrogens is 5. The van der Waals surface area contributed by atoms with Crippen LogP contribution < -0.4 is 4.72 Å². The van der Waals surface area contributed by atoms with Crippen molar-refractivity contribution in [1.82, 2.24) is 34.4 Å². The predicted octanol–water partition coefficient (Wildman–Crippen LogP) is 4.60. The van der Waals surface area contributed by atoms with Gasteiger partial charge in [0.1, 0.15) is 17.0 Å². The molecule has 0 unspecified atom stereocenters. The van der Waals surface area contributed by atoms with Gasteiger partial charge in [-0.3, -0.25) is 9.36 Å². The van der Waals surface area contributed by atoms with Crippen LogP contribution in [-0.4, -0.2) is 62.6 Å². The molecule has 1 aliphatic heterocycles. The Balaban J connectivity index is 1.57. The lowest BCUT2D eigenvalue weighted by Gasteiger charge is -2.28. The van der Waals surface area contributed by atoms with Gasteiger partial charge in [0.05, 0.1) is 16.6 Å². The Hall–Kier alpha value is -3.43. The van der Waals surface area contributed by atoms with Crippen LogP contribution in [-0.2, 0) is 14.8 Å². The highest BCUT2D eigenvalue weighted by atomic mass is 32.2. The Morgan fingerprint density at radius 1 is 1.17 bits per heavy atom. The molecule has 1 amide bonds. The molecule has 1 fully saturated rings. The maximum absolute atomic E-state index is 15.6. The Labute approximate surface area is 237 Å². The van der Waals surface area contributed by atoms with E-state index < -0.39 is 37.7 Å². The van der Waals surface area contributed by atoms with Crippen LogP contribution in [0.25, 0.3) is 32.6 Å². The maximum atomic E-state index is 15.6. The van der Waals surface area contributed by atoms with E-state index in [0.29, 0.717) is 60.2 Å². The second kappa shape index (κ2) is 9.84. The van der Waals surface area contributed by atoms with Crippen LogP contribution in [0, 0.1) is 11.7 Å². The quantitative estimate of drug-likeness (QED) is 0.327. The first-order valence-electron chi connectivity index (χ1n) is 13.0. The van der Waals surface area contributed by atoms with Crippen LogP contribution in [0.4, 0.5) is 13.2 Å². The van der Waals surface area contributed by atoms with Crippen molar-refractivity contribution in [1.29, 1.82) is 0 Å². The van der Waals surface area contributed by atoms with E-state index in [4.69, 9.17) is 0 Å². The highest BCUT2D eigenvalue weighted by molar-refractivity contribution is 7.89. The Morgan fingerprint density at radius 2 is 1.93 bits per heavy atom. The molecule has 6 rings (SSSR count). The van der Waals surface area contributed by atoms with Gasteiger partial charge in [-0.2, -0.15) is 0 Å². The van der Waals surface area contributed by atoms with Crippen molar-refractivity contribution in [3.8, 4) is 5.13 Å². The van der Waals surface area contributed by atoms with E-state index in [1.165, 1.54) is 17.0 Å². The molecule has 0 atom stereocenters. The molecule has 1 saturated carbocycles. The number of halogens is 3. The molecule has 1 aromatic carbocycles. The highest BCUT2D eigenvalue weighted by Crippen LogP contribution is 2.40. The molecule has 0 spiro atoms. The van der Waals surface area contributed by atoms with E-state index in [1.54, 1.807) is 11.8 Å². The molecule has 216 valence electrons. The minimum absolute atomic E-state index is 0.0216. The summed E-state index contributed by atoms with van der Waals surface area (Å²) in [5, 5.41) is 7.71. The van der Waals surface area contributed by atoms with Gasteiger partial charge in [-0.1, -0.05) is 31.3 Å². The van der Waals surface area contributed by atoms with Crippen molar-refractivity contribution >= 4 is 54.8 Å². The summed E-state index contributed by atoms with van der Waals surface area (Å²) in [7, 11) is -4.25. The number of amides is 1. The van der Waals surface area contributed by atoms with E-state index in [2.05, 4.69) is 24.9 Å². The summed E-state index contributed by atoms with van der Waals surface area (Å²) in [6, 6.07) is 2.28. The van der Waals surface area contributed by atoms with Crippen molar-refractivity contribution in [2.75, 3.05) is 13.1 Å². The van der Waals surface area contributed by atoms with E-state index >= 15 is 4.39 Å². The molecule has 1 aliphatic carbocycles. The molecule has 1 N–H and O–H groups in total. The van der Waals surface area contributed by atoms with Gasteiger partial charge in [-0.25, -0.2) is 36.3 Å². The molecule has 2 aliphatic rings. The van der Waals surface area contributed by atoms with Crippen LogP contribution in [0.5, 0.6) is 0 Å². The number of sulfonamides is 1. The van der Waals surface area contributed by atoms with Crippen LogP contribution in [0.1, 0.15) is 57.2 Å². The van der Waals surface area contributed by atoms with Gasteiger partial charge in [0.2, 0.25) is 21.1 Å². The number of hydrogen-bond acceptors (Lipinski definition) is 8. The SMILES string of the molecule is CC(C)C(=O)N1CC=C(c2ncnc3c2c2cc(F)c(S(=O)(=O)NC4(C)CC4)cc2n3-c2nnc(C(F)F)s2)CC1. The summed E-state index contributed by atoms with van der Waals surface area (Å²) in [5.74, 6) is -1.09. The monoisotopic (exact) mass is 605 g/mol. The number of rotatable bonds is 7. The Morgan fingerprint density at radius 3 is 2.54 bits per heavy atom. The Kier molecular flexibility index (Phi) is 6.65. The van der Waals surface area contributed by atoms with E-state index in [9.17, 15) is 22.0 Å². The van der Waals surface area contributed by atoms with Crippen molar-refractivity contribution in [3.63, 3.8) is 0 Å². The largest absolute Gasteiger partial charge is 0.338 e. The zero-order valence-electron chi connectivity index (χ0n) is 22.4. The van der Waals surface area contributed by atoms with Crippen molar-refractivity contribution < 1.29 is 26.4 Å². The van der Waals surface area contributed by atoms with Gasteiger partial charge in [-0.15, -0.1) is 10.2 Å². The summed E-state index contributed by atoms with van der Waals surface area (Å²) >= 11 is 0.626. The minimum atomic E-state index is -4.25. The zero-order chi connectivity index (χ0) is 29.3. The smallest absolute Gasteiger partial charge is 0.291 e. The van der Waals surface area contributed by atoms with Crippen molar-refractivity contribution in [2.24, 2.45) is 5.92 Å². The van der Waals surface area contributed by atoms with Gasteiger partial charge < -0.3 is 4.90 Å². The number of alkyl halides is 2. The van der Waals surface area contributed by atoms with Crippen molar-refractivity contribution in [2.45, 2.75) is 56.9 Å². The average Bonchev–Trinajstić information content (AvgIpc) is 3.32. The molecule has 3 aromatic heterocycles. The third kappa shape index (κ3) is 4.89. The fourth-order valence-corrected chi connectivity index (χ4v) is 7.26. The van der Waals surface area contributed by atoms with Gasteiger partial charge in [0.25, 0.3) is 6.43 Å². The summed E-state index contributed by atoms with van der Waals surface area (Å²) in [5.41, 5.74) is 1.08. The average molecular weight is 606 g/mol. The Bertz CT molecular complexity index is 1850. The van der Waals surface area contributed by atoms with Crippen LogP contribution >= 0.6 is 11.3 Å². The summed E-state index contributed by atoms with van der Waals surface area (Å²) in [6.45, 7) is 6.23.